The Morgan fingerprint density at radius 3 is 2.46 bits per heavy atom. The number of thioether (sulfide) groups is 1. The maximum atomic E-state index is 13.6. The Morgan fingerprint density at radius 2 is 1.78 bits per heavy atom. The van der Waals surface area contributed by atoms with E-state index in [1.165, 1.54) is 23.1 Å². The lowest BCUT2D eigenvalue weighted by Gasteiger charge is -2.29. The number of nitriles is 1. The Kier molecular flexibility index (Phi) is 8.33. The Hall–Kier alpha value is -4.00. The summed E-state index contributed by atoms with van der Waals surface area (Å²) in [5.74, 6) is -0.433. The number of ether oxygens (including phenoxy) is 1. The van der Waals surface area contributed by atoms with E-state index in [1.54, 1.807) is 26.2 Å². The van der Waals surface area contributed by atoms with Crippen LogP contribution in [0, 0.1) is 18.3 Å². The van der Waals surface area contributed by atoms with Crippen molar-refractivity contribution in [2.75, 3.05) is 23.5 Å². The van der Waals surface area contributed by atoms with Crippen LogP contribution >= 0.6 is 23.1 Å². The van der Waals surface area contributed by atoms with Gasteiger partial charge in [-0.05, 0) is 49.1 Å². The zero-order valence-electron chi connectivity index (χ0n) is 20.6. The molecule has 3 aromatic rings. The molecule has 0 fully saturated rings. The summed E-state index contributed by atoms with van der Waals surface area (Å²) in [6.07, 6.45) is 0. The van der Waals surface area contributed by atoms with E-state index in [9.17, 15) is 14.9 Å². The number of nitrogens with zero attached hydrogens (tertiary/aromatic N) is 1. The summed E-state index contributed by atoms with van der Waals surface area (Å²) in [6, 6.07) is 20.8. The third-order valence-electron chi connectivity index (χ3n) is 5.84. The van der Waals surface area contributed by atoms with E-state index in [0.29, 0.717) is 33.3 Å². The van der Waals surface area contributed by atoms with E-state index in [-0.39, 0.29) is 17.6 Å². The molecule has 1 atom stereocenters. The third kappa shape index (κ3) is 5.88. The number of para-hydroxylation sites is 3. The summed E-state index contributed by atoms with van der Waals surface area (Å²) in [6.45, 7) is 3.74. The van der Waals surface area contributed by atoms with Gasteiger partial charge in [0.25, 0.3) is 5.91 Å². The van der Waals surface area contributed by atoms with Gasteiger partial charge in [0.2, 0.25) is 5.91 Å². The highest BCUT2D eigenvalue weighted by atomic mass is 32.2. The number of allylic oxidation sites excluding steroid dienone is 2. The number of carbonyl (C=O) groups excluding carboxylic acids is 2. The molecule has 37 heavy (non-hydrogen) atoms. The zero-order valence-corrected chi connectivity index (χ0v) is 22.3. The number of aryl methyl sites for hydroxylation is 1. The van der Waals surface area contributed by atoms with Crippen LogP contribution in [0.1, 0.15) is 23.3 Å². The van der Waals surface area contributed by atoms with Gasteiger partial charge in [0.05, 0.1) is 41.1 Å². The Bertz CT molecular complexity index is 1420. The second-order valence-electron chi connectivity index (χ2n) is 8.27. The standard InChI is InChI=1S/C28H26N4O3S2/c1-17-9-4-5-10-20(17)31-24(33)16-37-28-19(15-29)26(23-13-8-14-36-23)25(18(2)30-28)27(34)32-21-11-6-7-12-22(21)35-3/h4-14,26,30H,16H2,1-3H3,(H,31,33)(H,32,34)/t26-/m1/s1. The number of rotatable bonds is 8. The second-order valence-corrected chi connectivity index (χ2v) is 10.2. The van der Waals surface area contributed by atoms with Gasteiger partial charge in [0, 0.05) is 21.8 Å². The van der Waals surface area contributed by atoms with Gasteiger partial charge in [-0.15, -0.1) is 11.3 Å². The number of thiophene rings is 1. The first-order chi connectivity index (χ1) is 17.9. The summed E-state index contributed by atoms with van der Waals surface area (Å²) in [4.78, 5) is 27.1. The van der Waals surface area contributed by atoms with Crippen molar-refractivity contribution in [3.63, 3.8) is 0 Å². The van der Waals surface area contributed by atoms with Crippen LogP contribution in [0.25, 0.3) is 0 Å². The zero-order chi connectivity index (χ0) is 26.4. The first-order valence-electron chi connectivity index (χ1n) is 11.5. The Labute approximate surface area is 224 Å². The maximum Gasteiger partial charge on any atom is 0.254 e. The summed E-state index contributed by atoms with van der Waals surface area (Å²) < 4.78 is 5.38. The van der Waals surface area contributed by atoms with Crippen molar-refractivity contribution in [2.45, 2.75) is 19.8 Å². The van der Waals surface area contributed by atoms with Gasteiger partial charge in [0.15, 0.2) is 0 Å². The lowest BCUT2D eigenvalue weighted by atomic mass is 9.86. The average molecular weight is 531 g/mol. The first-order valence-corrected chi connectivity index (χ1v) is 13.4. The summed E-state index contributed by atoms with van der Waals surface area (Å²) in [7, 11) is 1.54. The van der Waals surface area contributed by atoms with Crippen molar-refractivity contribution in [2.24, 2.45) is 0 Å². The molecule has 2 aromatic carbocycles. The molecule has 3 N–H and O–H groups in total. The van der Waals surface area contributed by atoms with Crippen LogP contribution in [0.3, 0.4) is 0 Å². The molecule has 0 bridgehead atoms. The van der Waals surface area contributed by atoms with Crippen LogP contribution in [0.5, 0.6) is 5.75 Å². The van der Waals surface area contributed by atoms with E-state index in [2.05, 4.69) is 22.0 Å². The summed E-state index contributed by atoms with van der Waals surface area (Å²) >= 11 is 2.72. The van der Waals surface area contributed by atoms with Crippen LogP contribution in [0.2, 0.25) is 0 Å². The van der Waals surface area contributed by atoms with E-state index < -0.39 is 5.92 Å². The molecule has 0 aliphatic carbocycles. The largest absolute Gasteiger partial charge is 0.495 e. The number of hydrogen-bond donors (Lipinski definition) is 3. The van der Waals surface area contributed by atoms with Gasteiger partial charge in [-0.3, -0.25) is 9.59 Å². The normalized spacial score (nSPS) is 15.0. The van der Waals surface area contributed by atoms with Gasteiger partial charge in [0.1, 0.15) is 5.75 Å². The number of amides is 2. The van der Waals surface area contributed by atoms with Crippen LogP contribution in [0.4, 0.5) is 11.4 Å². The van der Waals surface area contributed by atoms with Gasteiger partial charge in [-0.25, -0.2) is 0 Å². The van der Waals surface area contributed by atoms with E-state index >= 15 is 0 Å². The van der Waals surface area contributed by atoms with Gasteiger partial charge < -0.3 is 20.7 Å². The molecule has 0 spiro atoms. The monoisotopic (exact) mass is 530 g/mol. The quantitative estimate of drug-likeness (QED) is 0.342. The van der Waals surface area contributed by atoms with Crippen molar-refractivity contribution < 1.29 is 14.3 Å². The molecule has 0 unspecified atom stereocenters. The highest BCUT2D eigenvalue weighted by Gasteiger charge is 2.35. The molecule has 0 saturated carbocycles. The fourth-order valence-corrected chi connectivity index (χ4v) is 5.78. The number of dihydropyridines is 1. The van der Waals surface area contributed by atoms with Crippen LogP contribution < -0.4 is 20.7 Å². The van der Waals surface area contributed by atoms with Crippen LogP contribution in [-0.4, -0.2) is 24.7 Å². The Morgan fingerprint density at radius 1 is 1.05 bits per heavy atom. The van der Waals surface area contributed by atoms with Crippen LogP contribution in [-0.2, 0) is 9.59 Å². The average Bonchev–Trinajstić information content (AvgIpc) is 3.43. The lowest BCUT2D eigenvalue weighted by molar-refractivity contribution is -0.114. The van der Waals surface area contributed by atoms with E-state index in [0.717, 1.165) is 16.1 Å². The molecule has 7 nitrogen and oxygen atoms in total. The molecule has 1 aliphatic heterocycles. The summed E-state index contributed by atoms with van der Waals surface area (Å²) in [5.41, 5.74) is 3.71. The van der Waals surface area contributed by atoms with Crippen molar-refractivity contribution in [3.8, 4) is 11.8 Å². The summed E-state index contributed by atoms with van der Waals surface area (Å²) in [5, 5.41) is 21.7. The van der Waals surface area contributed by atoms with Gasteiger partial charge >= 0.3 is 0 Å². The molecular weight excluding hydrogens is 504 g/mol. The number of carbonyl (C=O) groups is 2. The number of anilines is 2. The molecule has 1 aliphatic rings. The predicted molar refractivity (Wildman–Crippen MR) is 149 cm³/mol. The molecule has 9 heteroatoms. The van der Waals surface area contributed by atoms with Crippen molar-refractivity contribution in [1.29, 1.82) is 5.26 Å². The lowest BCUT2D eigenvalue weighted by Crippen LogP contribution is -2.31. The maximum absolute atomic E-state index is 13.6. The van der Waals surface area contributed by atoms with Gasteiger partial charge in [-0.2, -0.15) is 5.26 Å². The molecule has 0 radical (unpaired) electrons. The minimum Gasteiger partial charge on any atom is -0.495 e. The first kappa shape index (κ1) is 26.1. The fourth-order valence-electron chi connectivity index (χ4n) is 4.04. The molecule has 1 aromatic heterocycles. The smallest absolute Gasteiger partial charge is 0.254 e. The minimum atomic E-state index is -0.567. The van der Waals surface area contributed by atoms with Gasteiger partial charge in [-0.1, -0.05) is 48.2 Å². The minimum absolute atomic E-state index is 0.106. The van der Waals surface area contributed by atoms with Crippen molar-refractivity contribution >= 4 is 46.3 Å². The molecule has 2 amide bonds. The third-order valence-corrected chi connectivity index (χ3v) is 7.80. The number of methoxy groups -OCH3 is 1. The molecule has 188 valence electrons. The van der Waals surface area contributed by atoms with E-state index in [1.807, 2.05) is 60.8 Å². The SMILES string of the molecule is COc1ccccc1NC(=O)C1=C(C)NC(SCC(=O)Nc2ccccc2C)=C(C#N)[C@@H]1c1cccs1. The second kappa shape index (κ2) is 11.8. The Balaban J connectivity index is 1.60. The number of benzene rings is 2. The van der Waals surface area contributed by atoms with Crippen molar-refractivity contribution in [1.82, 2.24) is 5.32 Å². The topological polar surface area (TPSA) is 103 Å². The molecule has 0 saturated heterocycles. The predicted octanol–water partition coefficient (Wildman–Crippen LogP) is 5.77. The fraction of sp³-hybridized carbons (Fsp3) is 0.179. The van der Waals surface area contributed by atoms with Crippen LogP contribution in [0.15, 0.2) is 87.9 Å². The highest BCUT2D eigenvalue weighted by Crippen LogP contribution is 2.42. The molecular formula is C28H26N4O3S2. The van der Waals surface area contributed by atoms with Crippen molar-refractivity contribution in [3.05, 3.63) is 98.4 Å². The number of nitrogens with one attached hydrogen (secondary N) is 3. The van der Waals surface area contributed by atoms with E-state index in [4.69, 9.17) is 4.74 Å². The molecule has 4 rings (SSSR count). The highest BCUT2D eigenvalue weighted by molar-refractivity contribution is 8.03. The number of hydrogen-bond acceptors (Lipinski definition) is 7. The molecule has 2 heterocycles.